The summed E-state index contributed by atoms with van der Waals surface area (Å²) in [6.45, 7) is 0. The van der Waals surface area contributed by atoms with Crippen LogP contribution in [0.3, 0.4) is 0 Å². The Morgan fingerprint density at radius 1 is 1.25 bits per heavy atom. The summed E-state index contributed by atoms with van der Waals surface area (Å²) in [7, 11) is 0. The maximum atomic E-state index is 11.1. The number of carboxylic acid groups (broad SMARTS) is 1. The van der Waals surface area contributed by atoms with E-state index in [0.717, 1.165) is 30.2 Å². The lowest BCUT2D eigenvalue weighted by Crippen LogP contribution is -2.22. The highest BCUT2D eigenvalue weighted by Gasteiger charge is 2.17. The fourth-order valence-corrected chi connectivity index (χ4v) is 2.63. The molecule has 1 heterocycles. The minimum absolute atomic E-state index is 0.317. The molecule has 1 aliphatic carbocycles. The van der Waals surface area contributed by atoms with Crippen LogP contribution in [0.4, 0.5) is 0 Å². The molecule has 0 unspecified atom stereocenters. The van der Waals surface area contributed by atoms with Crippen LogP contribution in [0, 0.1) is 0 Å². The Morgan fingerprint density at radius 2 is 2.06 bits per heavy atom. The molecule has 82 valence electrons. The van der Waals surface area contributed by atoms with Gasteiger partial charge in [0.1, 0.15) is 0 Å². The number of aryl methyl sites for hydroxylation is 2. The van der Waals surface area contributed by atoms with Crippen molar-refractivity contribution >= 4 is 16.9 Å². The standard InChI is InChI=1S/C13H13NO2/c15-13(16)9-5-3-7-11-12(9)8-4-1-2-6-10(8)14-11/h3,5,7,14H,1-2,4,6H2,(H,15,16)/p-1. The van der Waals surface area contributed by atoms with Crippen LogP contribution in [0.5, 0.6) is 0 Å². The van der Waals surface area contributed by atoms with Crippen LogP contribution in [-0.2, 0) is 12.8 Å². The summed E-state index contributed by atoms with van der Waals surface area (Å²) >= 11 is 0. The van der Waals surface area contributed by atoms with Gasteiger partial charge in [-0.3, -0.25) is 0 Å². The number of aromatic amines is 1. The summed E-state index contributed by atoms with van der Waals surface area (Å²) in [6, 6.07) is 5.32. The molecule has 1 N–H and O–H groups in total. The lowest BCUT2D eigenvalue weighted by Gasteiger charge is -2.12. The first-order chi connectivity index (χ1) is 7.77. The maximum absolute atomic E-state index is 11.1. The number of fused-ring (bicyclic) bond motifs is 3. The molecule has 0 atom stereocenters. The van der Waals surface area contributed by atoms with Crippen molar-refractivity contribution < 1.29 is 9.90 Å². The lowest BCUT2D eigenvalue weighted by molar-refractivity contribution is -0.254. The molecule has 1 aromatic carbocycles. The molecule has 0 aliphatic heterocycles. The minimum atomic E-state index is -1.09. The number of aromatic nitrogens is 1. The Balaban J connectivity index is 2.36. The average Bonchev–Trinajstić information content (AvgIpc) is 2.66. The molecule has 0 amide bonds. The molecule has 1 aromatic heterocycles. The molecule has 3 heteroatoms. The van der Waals surface area contributed by atoms with Crippen molar-refractivity contribution in [3.05, 3.63) is 35.0 Å². The first-order valence-corrected chi connectivity index (χ1v) is 5.61. The van der Waals surface area contributed by atoms with Crippen LogP contribution in [0.1, 0.15) is 34.5 Å². The van der Waals surface area contributed by atoms with Gasteiger partial charge in [0.15, 0.2) is 0 Å². The predicted molar refractivity (Wildman–Crippen MR) is 59.3 cm³/mol. The van der Waals surface area contributed by atoms with E-state index in [2.05, 4.69) is 4.98 Å². The molecular weight excluding hydrogens is 202 g/mol. The molecule has 0 saturated heterocycles. The van der Waals surface area contributed by atoms with Gasteiger partial charge in [0.2, 0.25) is 0 Å². The first kappa shape index (κ1) is 9.46. The number of carbonyl (C=O) groups is 1. The average molecular weight is 214 g/mol. The van der Waals surface area contributed by atoms with Crippen molar-refractivity contribution in [2.24, 2.45) is 0 Å². The number of aromatic carboxylic acids is 1. The largest absolute Gasteiger partial charge is 0.545 e. The zero-order valence-electron chi connectivity index (χ0n) is 8.88. The number of rotatable bonds is 1. The second-order valence-electron chi connectivity index (χ2n) is 4.30. The summed E-state index contributed by atoms with van der Waals surface area (Å²) in [5, 5.41) is 11.9. The van der Waals surface area contributed by atoms with Crippen LogP contribution < -0.4 is 5.11 Å². The third-order valence-electron chi connectivity index (χ3n) is 3.34. The third-order valence-corrected chi connectivity index (χ3v) is 3.34. The number of H-pyrrole nitrogens is 1. The van der Waals surface area contributed by atoms with Gasteiger partial charge < -0.3 is 14.9 Å². The van der Waals surface area contributed by atoms with E-state index in [9.17, 15) is 9.90 Å². The van der Waals surface area contributed by atoms with Crippen LogP contribution in [0.15, 0.2) is 18.2 Å². The van der Waals surface area contributed by atoms with Gasteiger partial charge in [0.05, 0.1) is 5.97 Å². The van der Waals surface area contributed by atoms with Gasteiger partial charge >= 0.3 is 0 Å². The third kappa shape index (κ3) is 1.24. The molecule has 0 spiro atoms. The Morgan fingerprint density at radius 3 is 2.88 bits per heavy atom. The van der Waals surface area contributed by atoms with Crippen LogP contribution in [-0.4, -0.2) is 11.0 Å². The Labute approximate surface area is 93.1 Å². The quantitative estimate of drug-likeness (QED) is 0.780. The summed E-state index contributed by atoms with van der Waals surface area (Å²) in [6.07, 6.45) is 4.32. The topological polar surface area (TPSA) is 55.9 Å². The van der Waals surface area contributed by atoms with Gasteiger partial charge in [-0.2, -0.15) is 0 Å². The Hall–Kier alpha value is -1.77. The van der Waals surface area contributed by atoms with Gasteiger partial charge in [0, 0.05) is 22.2 Å². The van der Waals surface area contributed by atoms with Gasteiger partial charge in [-0.05, 0) is 37.3 Å². The number of nitrogens with one attached hydrogen (secondary N) is 1. The number of carbonyl (C=O) groups excluding carboxylic acids is 1. The molecule has 0 fully saturated rings. The number of hydrogen-bond acceptors (Lipinski definition) is 2. The minimum Gasteiger partial charge on any atom is -0.545 e. The first-order valence-electron chi connectivity index (χ1n) is 5.61. The highest BCUT2D eigenvalue weighted by Crippen LogP contribution is 2.31. The van der Waals surface area contributed by atoms with Crippen LogP contribution in [0.2, 0.25) is 0 Å². The van der Waals surface area contributed by atoms with E-state index < -0.39 is 5.97 Å². The van der Waals surface area contributed by atoms with E-state index in [4.69, 9.17) is 0 Å². The zero-order valence-corrected chi connectivity index (χ0v) is 8.88. The molecule has 16 heavy (non-hydrogen) atoms. The van der Waals surface area contributed by atoms with Crippen molar-refractivity contribution in [2.45, 2.75) is 25.7 Å². The van der Waals surface area contributed by atoms with Gasteiger partial charge in [0.25, 0.3) is 0 Å². The zero-order chi connectivity index (χ0) is 11.1. The van der Waals surface area contributed by atoms with Gasteiger partial charge in [-0.25, -0.2) is 0 Å². The molecular formula is C13H12NO2-. The van der Waals surface area contributed by atoms with Crippen molar-refractivity contribution in [3.8, 4) is 0 Å². The maximum Gasteiger partial charge on any atom is 0.0722 e. The van der Waals surface area contributed by atoms with Crippen molar-refractivity contribution in [1.82, 2.24) is 4.98 Å². The summed E-state index contributed by atoms with van der Waals surface area (Å²) in [5.41, 5.74) is 3.63. The molecule has 0 bridgehead atoms. The SMILES string of the molecule is O=C([O-])c1cccc2[nH]c3c(c12)CCCC3. The number of benzene rings is 1. The number of hydrogen-bond donors (Lipinski definition) is 1. The van der Waals surface area contributed by atoms with Gasteiger partial charge in [-0.1, -0.05) is 12.1 Å². The second kappa shape index (κ2) is 3.37. The monoisotopic (exact) mass is 214 g/mol. The fraction of sp³-hybridized carbons (Fsp3) is 0.308. The Bertz CT molecular complexity index is 569. The predicted octanol–water partition coefficient (Wildman–Crippen LogP) is 1.41. The lowest BCUT2D eigenvalue weighted by atomic mass is 9.94. The van der Waals surface area contributed by atoms with Crippen molar-refractivity contribution in [2.75, 3.05) is 0 Å². The van der Waals surface area contributed by atoms with E-state index in [-0.39, 0.29) is 0 Å². The fourth-order valence-electron chi connectivity index (χ4n) is 2.63. The van der Waals surface area contributed by atoms with E-state index in [1.165, 1.54) is 17.7 Å². The molecule has 2 aromatic rings. The second-order valence-corrected chi connectivity index (χ2v) is 4.30. The van der Waals surface area contributed by atoms with Crippen LogP contribution >= 0.6 is 0 Å². The molecule has 0 saturated carbocycles. The highest BCUT2D eigenvalue weighted by atomic mass is 16.4. The van der Waals surface area contributed by atoms with Crippen molar-refractivity contribution in [1.29, 1.82) is 0 Å². The summed E-state index contributed by atoms with van der Waals surface area (Å²) in [4.78, 5) is 14.4. The molecule has 1 aliphatic rings. The molecule has 0 radical (unpaired) electrons. The van der Waals surface area contributed by atoms with Crippen LogP contribution in [0.25, 0.3) is 10.9 Å². The smallest absolute Gasteiger partial charge is 0.0722 e. The van der Waals surface area contributed by atoms with E-state index in [1.807, 2.05) is 6.07 Å². The Kier molecular flexibility index (Phi) is 1.99. The summed E-state index contributed by atoms with van der Waals surface area (Å²) < 4.78 is 0. The molecule has 3 nitrogen and oxygen atoms in total. The summed E-state index contributed by atoms with van der Waals surface area (Å²) in [5.74, 6) is -1.09. The van der Waals surface area contributed by atoms with E-state index in [0.29, 0.717) is 5.56 Å². The van der Waals surface area contributed by atoms with Crippen molar-refractivity contribution in [3.63, 3.8) is 0 Å². The number of carboxylic acids is 1. The highest BCUT2D eigenvalue weighted by molar-refractivity contribution is 6.04. The van der Waals surface area contributed by atoms with E-state index in [1.54, 1.807) is 12.1 Å². The molecule has 3 rings (SSSR count). The van der Waals surface area contributed by atoms with E-state index >= 15 is 0 Å². The normalized spacial score (nSPS) is 15.0. The van der Waals surface area contributed by atoms with Gasteiger partial charge in [-0.15, -0.1) is 0 Å².